The average Bonchev–Trinajstić information content (AvgIpc) is 2.83. The van der Waals surface area contributed by atoms with E-state index in [1.807, 2.05) is 6.92 Å². The maximum atomic E-state index is 12.1. The molecule has 0 saturated heterocycles. The third kappa shape index (κ3) is 3.91. The van der Waals surface area contributed by atoms with Crippen LogP contribution in [0.4, 0.5) is 0 Å². The van der Waals surface area contributed by atoms with Gasteiger partial charge in [0.2, 0.25) is 5.78 Å². The fourth-order valence-corrected chi connectivity index (χ4v) is 3.29. The van der Waals surface area contributed by atoms with Crippen molar-refractivity contribution in [3.63, 3.8) is 0 Å². The second kappa shape index (κ2) is 6.69. The molecule has 1 aliphatic carbocycles. The second-order valence-electron chi connectivity index (χ2n) is 5.12. The molecule has 4 heteroatoms. The van der Waals surface area contributed by atoms with Crippen LogP contribution in [0.15, 0.2) is 24.3 Å². The number of ketones is 1. The zero-order chi connectivity index (χ0) is 13.8. The molecule has 0 saturated carbocycles. The topological polar surface area (TPSA) is 26.3 Å². The predicted molar refractivity (Wildman–Crippen MR) is 80.1 cm³/mol. The van der Waals surface area contributed by atoms with Crippen molar-refractivity contribution in [3.8, 4) is 0 Å². The van der Waals surface area contributed by atoms with E-state index in [9.17, 15) is 4.79 Å². The first-order valence-corrected chi connectivity index (χ1v) is 7.83. The molecule has 3 atom stereocenters. The smallest absolute Gasteiger partial charge is 0.201 e. The molecule has 1 heterocycles. The number of hydrogen-bond acceptors (Lipinski definition) is 3. The number of carbonyl (C=O) groups excluding carboxylic acids is 1. The Morgan fingerprint density at radius 3 is 2.84 bits per heavy atom. The van der Waals surface area contributed by atoms with Crippen molar-refractivity contribution in [2.24, 2.45) is 11.8 Å². The normalized spacial score (nSPS) is 24.4. The Balaban J connectivity index is 1.85. The van der Waals surface area contributed by atoms with E-state index in [1.165, 1.54) is 11.3 Å². The minimum Gasteiger partial charge on any atom is -0.370 e. The summed E-state index contributed by atoms with van der Waals surface area (Å²) in [5.41, 5.74) is 0. The molecule has 0 N–H and O–H groups in total. The Labute approximate surface area is 123 Å². The Kier molecular flexibility index (Phi) is 5.20. The minimum atomic E-state index is -0.396. The fraction of sp³-hybridized carbons (Fsp3) is 0.533. The van der Waals surface area contributed by atoms with Crippen LogP contribution in [-0.4, -0.2) is 18.5 Å². The van der Waals surface area contributed by atoms with Crippen LogP contribution >= 0.6 is 22.9 Å². The van der Waals surface area contributed by atoms with Crippen molar-refractivity contribution in [1.29, 1.82) is 0 Å². The summed E-state index contributed by atoms with van der Waals surface area (Å²) in [4.78, 5) is 12.8. The van der Waals surface area contributed by atoms with E-state index in [0.717, 1.165) is 12.8 Å². The van der Waals surface area contributed by atoms with Crippen molar-refractivity contribution < 1.29 is 9.53 Å². The van der Waals surface area contributed by atoms with Gasteiger partial charge in [-0.15, -0.1) is 11.3 Å². The first-order valence-electron chi connectivity index (χ1n) is 6.64. The third-order valence-corrected chi connectivity index (χ3v) is 4.91. The molecule has 3 unspecified atom stereocenters. The van der Waals surface area contributed by atoms with E-state index in [4.69, 9.17) is 16.3 Å². The average molecular weight is 299 g/mol. The van der Waals surface area contributed by atoms with Gasteiger partial charge in [0.25, 0.3) is 0 Å². The molecule has 0 bridgehead atoms. The third-order valence-electron chi connectivity index (χ3n) is 3.66. The Morgan fingerprint density at radius 2 is 2.21 bits per heavy atom. The van der Waals surface area contributed by atoms with E-state index < -0.39 is 6.10 Å². The quantitative estimate of drug-likeness (QED) is 0.587. The van der Waals surface area contributed by atoms with Gasteiger partial charge in [0.1, 0.15) is 6.10 Å². The summed E-state index contributed by atoms with van der Waals surface area (Å²) in [5, 5.41) is 0. The Morgan fingerprint density at radius 1 is 1.47 bits per heavy atom. The van der Waals surface area contributed by atoms with Crippen LogP contribution in [0.2, 0.25) is 4.34 Å². The zero-order valence-electron chi connectivity index (χ0n) is 11.3. The Hall–Kier alpha value is -0.640. The lowest BCUT2D eigenvalue weighted by molar-refractivity contribution is 0.0258. The van der Waals surface area contributed by atoms with E-state index in [2.05, 4.69) is 19.1 Å². The van der Waals surface area contributed by atoms with E-state index >= 15 is 0 Å². The number of allylic oxidation sites excluding steroid dienone is 2. The predicted octanol–water partition coefficient (Wildman–Crippen LogP) is 4.59. The van der Waals surface area contributed by atoms with Crippen LogP contribution in [0.25, 0.3) is 0 Å². The summed E-state index contributed by atoms with van der Waals surface area (Å²) in [7, 11) is 0. The van der Waals surface area contributed by atoms with Gasteiger partial charge in [-0.2, -0.15) is 0 Å². The van der Waals surface area contributed by atoms with Crippen LogP contribution in [-0.2, 0) is 4.74 Å². The minimum absolute atomic E-state index is 0.0240. The first kappa shape index (κ1) is 14.8. The number of Topliss-reactive ketones (excluding diaryl/α,β-unsaturated/α-hetero) is 1. The van der Waals surface area contributed by atoms with Gasteiger partial charge >= 0.3 is 0 Å². The molecule has 2 rings (SSSR count). The van der Waals surface area contributed by atoms with Crippen molar-refractivity contribution in [1.82, 2.24) is 0 Å². The number of halogens is 1. The van der Waals surface area contributed by atoms with Crippen molar-refractivity contribution in [3.05, 3.63) is 33.5 Å². The van der Waals surface area contributed by atoms with Gasteiger partial charge in [-0.1, -0.05) is 30.7 Å². The highest BCUT2D eigenvalue weighted by Gasteiger charge is 2.22. The van der Waals surface area contributed by atoms with Gasteiger partial charge in [-0.05, 0) is 43.7 Å². The molecule has 0 aliphatic heterocycles. The number of carbonyl (C=O) groups is 1. The Bertz CT molecular complexity index is 466. The number of thiophene rings is 1. The monoisotopic (exact) mass is 298 g/mol. The lowest BCUT2D eigenvalue weighted by atomic mass is 9.85. The van der Waals surface area contributed by atoms with Gasteiger partial charge in [0, 0.05) is 0 Å². The van der Waals surface area contributed by atoms with Crippen LogP contribution in [0.1, 0.15) is 36.4 Å². The highest BCUT2D eigenvalue weighted by molar-refractivity contribution is 7.18. The molecule has 0 radical (unpaired) electrons. The van der Waals surface area contributed by atoms with Crippen LogP contribution in [0.5, 0.6) is 0 Å². The lowest BCUT2D eigenvalue weighted by Crippen LogP contribution is -2.26. The first-order chi connectivity index (χ1) is 9.08. The van der Waals surface area contributed by atoms with Crippen LogP contribution in [0, 0.1) is 11.8 Å². The summed E-state index contributed by atoms with van der Waals surface area (Å²) < 4.78 is 6.40. The van der Waals surface area contributed by atoms with Crippen LogP contribution < -0.4 is 0 Å². The molecule has 0 amide bonds. The molecule has 1 aliphatic rings. The van der Waals surface area contributed by atoms with Gasteiger partial charge in [0.15, 0.2) is 0 Å². The fourth-order valence-electron chi connectivity index (χ4n) is 2.23. The summed E-state index contributed by atoms with van der Waals surface area (Å²) in [6.07, 6.45) is 6.19. The molecule has 0 spiro atoms. The summed E-state index contributed by atoms with van der Waals surface area (Å²) >= 11 is 7.16. The lowest BCUT2D eigenvalue weighted by Gasteiger charge is -2.26. The highest BCUT2D eigenvalue weighted by atomic mass is 35.5. The molecule has 0 fully saturated rings. The van der Waals surface area contributed by atoms with E-state index in [1.54, 1.807) is 12.1 Å². The molecular formula is C15H19ClO2S. The molecule has 0 aromatic carbocycles. The molecule has 19 heavy (non-hydrogen) atoms. The van der Waals surface area contributed by atoms with Crippen molar-refractivity contribution in [2.75, 3.05) is 6.61 Å². The largest absolute Gasteiger partial charge is 0.370 e. The molecule has 1 aromatic heterocycles. The van der Waals surface area contributed by atoms with E-state index in [0.29, 0.717) is 27.7 Å². The van der Waals surface area contributed by atoms with E-state index in [-0.39, 0.29) is 5.78 Å². The number of hydrogen-bond donors (Lipinski definition) is 0. The number of rotatable bonds is 5. The summed E-state index contributed by atoms with van der Waals surface area (Å²) in [6.45, 7) is 4.71. The van der Waals surface area contributed by atoms with Crippen molar-refractivity contribution >= 4 is 28.7 Å². The molecule has 1 aromatic rings. The van der Waals surface area contributed by atoms with Crippen LogP contribution in [0.3, 0.4) is 0 Å². The summed E-state index contributed by atoms with van der Waals surface area (Å²) in [6, 6.07) is 3.52. The molecule has 2 nitrogen and oxygen atoms in total. The molecular weight excluding hydrogens is 280 g/mol. The highest BCUT2D eigenvalue weighted by Crippen LogP contribution is 2.26. The maximum absolute atomic E-state index is 12.1. The molecule has 104 valence electrons. The van der Waals surface area contributed by atoms with Crippen molar-refractivity contribution in [2.45, 2.75) is 32.8 Å². The number of ether oxygens (including phenoxy) is 1. The SMILES string of the molecule is CC(OCC1CC=CCC1C)C(=O)c1ccc(Cl)s1. The standard InChI is InChI=1S/C15H19ClO2S/c1-10-5-3-4-6-12(10)9-18-11(2)15(17)13-7-8-14(16)19-13/h3-4,7-8,10-12H,5-6,9H2,1-2H3. The zero-order valence-corrected chi connectivity index (χ0v) is 12.8. The van der Waals surface area contributed by atoms with Gasteiger partial charge in [-0.3, -0.25) is 4.79 Å². The maximum Gasteiger partial charge on any atom is 0.201 e. The van der Waals surface area contributed by atoms with Gasteiger partial charge < -0.3 is 4.74 Å². The van der Waals surface area contributed by atoms with Gasteiger partial charge in [0.05, 0.1) is 15.8 Å². The van der Waals surface area contributed by atoms with Gasteiger partial charge in [-0.25, -0.2) is 0 Å². The second-order valence-corrected chi connectivity index (χ2v) is 6.84. The summed E-state index contributed by atoms with van der Waals surface area (Å²) in [5.74, 6) is 1.17.